The molecule has 0 bridgehead atoms. The summed E-state index contributed by atoms with van der Waals surface area (Å²) in [6.07, 6.45) is 6.36. The maximum atomic E-state index is 11.9. The first kappa shape index (κ1) is 15.4. The van der Waals surface area contributed by atoms with Gasteiger partial charge >= 0.3 is 0 Å². The Balaban J connectivity index is 1.64. The molecule has 0 spiro atoms. The molecule has 0 aliphatic carbocycles. The van der Waals surface area contributed by atoms with Gasteiger partial charge in [-0.15, -0.1) is 0 Å². The molecule has 2 N–H and O–H groups in total. The van der Waals surface area contributed by atoms with Gasteiger partial charge in [0.1, 0.15) is 17.4 Å². The van der Waals surface area contributed by atoms with Gasteiger partial charge in [-0.2, -0.15) is 5.26 Å². The van der Waals surface area contributed by atoms with Crippen LogP contribution in [-0.2, 0) is 4.79 Å². The molecular formula is C18H18N6O. The second-order valence-electron chi connectivity index (χ2n) is 6.39. The molecule has 3 aromatic rings. The van der Waals surface area contributed by atoms with Gasteiger partial charge in [-0.1, -0.05) is 0 Å². The summed E-state index contributed by atoms with van der Waals surface area (Å²) >= 11 is 0. The first-order valence-corrected chi connectivity index (χ1v) is 8.33. The summed E-state index contributed by atoms with van der Waals surface area (Å²) in [5.74, 6) is 0.0716. The second-order valence-corrected chi connectivity index (χ2v) is 6.39. The van der Waals surface area contributed by atoms with Crippen molar-refractivity contribution in [1.29, 1.82) is 5.26 Å². The minimum atomic E-state index is -0.629. The van der Waals surface area contributed by atoms with Crippen molar-refractivity contribution in [2.24, 2.45) is 5.92 Å². The third kappa shape index (κ3) is 2.66. The normalized spacial score (nSPS) is 18.4. The summed E-state index contributed by atoms with van der Waals surface area (Å²) in [6, 6.07) is 5.98. The SMILES string of the molecule is CC(C#N)C(=O)NC1CCN(c2nccc3cnc4[nH]ccc4c23)C1. The van der Waals surface area contributed by atoms with E-state index in [-0.39, 0.29) is 11.9 Å². The number of nitrogens with one attached hydrogen (secondary N) is 2. The summed E-state index contributed by atoms with van der Waals surface area (Å²) in [5.41, 5.74) is 0.841. The lowest BCUT2D eigenvalue weighted by Gasteiger charge is -2.20. The lowest BCUT2D eigenvalue weighted by atomic mass is 10.1. The van der Waals surface area contributed by atoms with Crippen molar-refractivity contribution in [2.45, 2.75) is 19.4 Å². The molecule has 126 valence electrons. The van der Waals surface area contributed by atoms with E-state index in [2.05, 4.69) is 25.2 Å². The van der Waals surface area contributed by atoms with Crippen molar-refractivity contribution in [3.63, 3.8) is 0 Å². The maximum Gasteiger partial charge on any atom is 0.237 e. The predicted octanol–water partition coefficient (Wildman–Crippen LogP) is 1.97. The Labute approximate surface area is 144 Å². The number of carbonyl (C=O) groups is 1. The van der Waals surface area contributed by atoms with Crippen LogP contribution in [0.25, 0.3) is 21.8 Å². The zero-order valence-electron chi connectivity index (χ0n) is 13.9. The molecule has 25 heavy (non-hydrogen) atoms. The van der Waals surface area contributed by atoms with Crippen LogP contribution in [-0.4, -0.2) is 40.0 Å². The van der Waals surface area contributed by atoms with E-state index < -0.39 is 5.92 Å². The van der Waals surface area contributed by atoms with Crippen molar-refractivity contribution >= 4 is 33.5 Å². The quantitative estimate of drug-likeness (QED) is 0.763. The van der Waals surface area contributed by atoms with Gasteiger partial charge in [0.05, 0.1) is 6.07 Å². The minimum absolute atomic E-state index is 0.0314. The molecule has 0 saturated carbocycles. The molecule has 0 aromatic carbocycles. The maximum absolute atomic E-state index is 11.9. The number of nitrogens with zero attached hydrogens (tertiary/aromatic N) is 4. The number of H-pyrrole nitrogens is 1. The van der Waals surface area contributed by atoms with Gasteiger partial charge in [0.2, 0.25) is 5.91 Å². The average Bonchev–Trinajstić information content (AvgIpc) is 3.29. The van der Waals surface area contributed by atoms with E-state index in [0.717, 1.165) is 40.6 Å². The fourth-order valence-corrected chi connectivity index (χ4v) is 3.35. The molecule has 2 unspecified atom stereocenters. The molecule has 4 heterocycles. The molecule has 4 rings (SSSR count). The first-order chi connectivity index (χ1) is 12.2. The number of hydrogen-bond donors (Lipinski definition) is 2. The van der Waals surface area contributed by atoms with Crippen LogP contribution in [0.1, 0.15) is 13.3 Å². The highest BCUT2D eigenvalue weighted by molar-refractivity contribution is 6.10. The van der Waals surface area contributed by atoms with E-state index in [0.29, 0.717) is 6.54 Å². The Morgan fingerprint density at radius 1 is 1.48 bits per heavy atom. The Kier molecular flexibility index (Phi) is 3.73. The second kappa shape index (κ2) is 6.06. The number of rotatable bonds is 3. The van der Waals surface area contributed by atoms with E-state index in [1.807, 2.05) is 30.6 Å². The monoisotopic (exact) mass is 334 g/mol. The molecule has 1 amide bonds. The van der Waals surface area contributed by atoms with E-state index in [9.17, 15) is 4.79 Å². The smallest absolute Gasteiger partial charge is 0.237 e. The van der Waals surface area contributed by atoms with E-state index in [4.69, 9.17) is 5.26 Å². The van der Waals surface area contributed by atoms with Gasteiger partial charge < -0.3 is 15.2 Å². The number of anilines is 1. The first-order valence-electron chi connectivity index (χ1n) is 8.33. The molecule has 3 aromatic heterocycles. The topological polar surface area (TPSA) is 97.7 Å². The number of aromatic nitrogens is 3. The molecule has 1 fully saturated rings. The minimum Gasteiger partial charge on any atom is -0.354 e. The van der Waals surface area contributed by atoms with Crippen LogP contribution in [0.5, 0.6) is 0 Å². The third-order valence-corrected chi connectivity index (χ3v) is 4.71. The Hall–Kier alpha value is -3.14. The van der Waals surface area contributed by atoms with Crippen LogP contribution in [0.2, 0.25) is 0 Å². The van der Waals surface area contributed by atoms with E-state index >= 15 is 0 Å². The number of nitriles is 1. The Bertz CT molecular complexity index is 988. The average molecular weight is 334 g/mol. The van der Waals surface area contributed by atoms with Crippen molar-refractivity contribution in [3.8, 4) is 6.07 Å². The van der Waals surface area contributed by atoms with Crippen LogP contribution in [0.15, 0.2) is 30.7 Å². The number of fused-ring (bicyclic) bond motifs is 3. The fraction of sp³-hybridized carbons (Fsp3) is 0.333. The van der Waals surface area contributed by atoms with E-state index in [1.165, 1.54) is 0 Å². The third-order valence-electron chi connectivity index (χ3n) is 4.71. The number of pyridine rings is 2. The van der Waals surface area contributed by atoms with Crippen molar-refractivity contribution in [3.05, 3.63) is 30.7 Å². The predicted molar refractivity (Wildman–Crippen MR) is 94.9 cm³/mol. The number of carbonyl (C=O) groups excluding carboxylic acids is 1. The Morgan fingerprint density at radius 2 is 2.36 bits per heavy atom. The Morgan fingerprint density at radius 3 is 3.20 bits per heavy atom. The summed E-state index contributed by atoms with van der Waals surface area (Å²) in [5, 5.41) is 15.0. The molecular weight excluding hydrogens is 316 g/mol. The molecule has 1 aliphatic heterocycles. The van der Waals surface area contributed by atoms with E-state index in [1.54, 1.807) is 13.1 Å². The molecule has 1 aliphatic rings. The number of amides is 1. The zero-order valence-corrected chi connectivity index (χ0v) is 13.9. The zero-order chi connectivity index (χ0) is 17.4. The largest absolute Gasteiger partial charge is 0.354 e. The highest BCUT2D eigenvalue weighted by atomic mass is 16.1. The number of hydrogen-bond acceptors (Lipinski definition) is 5. The van der Waals surface area contributed by atoms with Crippen LogP contribution in [0.3, 0.4) is 0 Å². The summed E-state index contributed by atoms with van der Waals surface area (Å²) in [4.78, 5) is 26.3. The van der Waals surface area contributed by atoms with Crippen LogP contribution >= 0.6 is 0 Å². The lowest BCUT2D eigenvalue weighted by Crippen LogP contribution is -2.39. The fourth-order valence-electron chi connectivity index (χ4n) is 3.35. The van der Waals surface area contributed by atoms with Gasteiger partial charge in [-0.3, -0.25) is 4.79 Å². The van der Waals surface area contributed by atoms with Crippen molar-refractivity contribution in [2.75, 3.05) is 18.0 Å². The molecule has 7 heteroatoms. The lowest BCUT2D eigenvalue weighted by molar-refractivity contribution is -0.123. The molecule has 7 nitrogen and oxygen atoms in total. The van der Waals surface area contributed by atoms with Crippen LogP contribution in [0, 0.1) is 17.2 Å². The van der Waals surface area contributed by atoms with Gasteiger partial charge in [-0.05, 0) is 25.5 Å². The van der Waals surface area contributed by atoms with Gasteiger partial charge in [0.15, 0.2) is 0 Å². The summed E-state index contributed by atoms with van der Waals surface area (Å²) < 4.78 is 0. The van der Waals surface area contributed by atoms with Gasteiger partial charge in [0, 0.05) is 53.9 Å². The standard InChI is InChI=1S/C18H18N6O/c1-11(8-19)18(25)23-13-4-7-24(10-13)17-15-12(2-5-21-17)9-22-16-14(15)3-6-20-16/h2-3,5-6,9,11,13H,4,7,10H2,1H3,(H,20,22)(H,23,25). The number of aromatic amines is 1. The van der Waals surface area contributed by atoms with Gasteiger partial charge in [0.25, 0.3) is 0 Å². The summed E-state index contributed by atoms with van der Waals surface area (Å²) in [7, 11) is 0. The van der Waals surface area contributed by atoms with Crippen LogP contribution < -0.4 is 10.2 Å². The van der Waals surface area contributed by atoms with Crippen molar-refractivity contribution in [1.82, 2.24) is 20.3 Å². The molecule has 2 atom stereocenters. The highest BCUT2D eigenvalue weighted by Gasteiger charge is 2.27. The van der Waals surface area contributed by atoms with Crippen molar-refractivity contribution < 1.29 is 4.79 Å². The van der Waals surface area contributed by atoms with Crippen LogP contribution in [0.4, 0.5) is 5.82 Å². The summed E-state index contributed by atoms with van der Waals surface area (Å²) in [6.45, 7) is 3.11. The highest BCUT2D eigenvalue weighted by Crippen LogP contribution is 2.32. The molecule has 1 saturated heterocycles. The van der Waals surface area contributed by atoms with Gasteiger partial charge in [-0.25, -0.2) is 9.97 Å². The molecule has 0 radical (unpaired) electrons.